The molecule has 0 fully saturated rings. The summed E-state index contributed by atoms with van der Waals surface area (Å²) in [6.07, 6.45) is 9.15. The van der Waals surface area contributed by atoms with E-state index in [1.807, 2.05) is 24.3 Å². The Balaban J connectivity index is 2.53. The number of hydrogen-bond donors (Lipinski definition) is 0. The van der Waals surface area contributed by atoms with Crippen molar-refractivity contribution in [3.63, 3.8) is 0 Å². The van der Waals surface area contributed by atoms with Gasteiger partial charge in [-0.05, 0) is 29.5 Å². The lowest BCUT2D eigenvalue weighted by Gasteiger charge is -2.12. The van der Waals surface area contributed by atoms with Crippen molar-refractivity contribution in [1.82, 2.24) is 0 Å². The Bertz CT molecular complexity index is 597. The van der Waals surface area contributed by atoms with Gasteiger partial charge in [0.1, 0.15) is 0 Å². The first-order valence-corrected chi connectivity index (χ1v) is 7.17. The molecule has 0 aliphatic carbocycles. The van der Waals surface area contributed by atoms with Crippen LogP contribution in [0.25, 0.3) is 11.1 Å². The van der Waals surface area contributed by atoms with Gasteiger partial charge >= 0.3 is 0 Å². The molecule has 2 aromatic carbocycles. The molecule has 0 bridgehead atoms. The first-order valence-electron chi connectivity index (χ1n) is 7.17. The second-order valence-corrected chi connectivity index (χ2v) is 4.83. The topological polar surface area (TPSA) is 0 Å². The molecule has 0 aliphatic rings. The highest BCUT2D eigenvalue weighted by atomic mass is 14.1. The molecule has 0 aliphatic heterocycles. The van der Waals surface area contributed by atoms with Crippen molar-refractivity contribution >= 4 is 11.1 Å². The van der Waals surface area contributed by atoms with Crippen molar-refractivity contribution in [3.8, 4) is 12.3 Å². The van der Waals surface area contributed by atoms with E-state index in [0.717, 1.165) is 24.0 Å². The maximum atomic E-state index is 5.81. The number of rotatable bonds is 5. The first kappa shape index (κ1) is 14.2. The molecule has 0 aromatic heterocycles. The SMILES string of the molecule is C#C/C(=C(/CCCC)c1ccccc1)c1ccccc1. The third-order valence-corrected chi connectivity index (χ3v) is 3.41. The summed E-state index contributed by atoms with van der Waals surface area (Å²) in [6.45, 7) is 2.21. The molecular formula is C20H20. The molecule has 2 aromatic rings. The minimum Gasteiger partial charge on any atom is -0.115 e. The molecule has 0 heterocycles. The molecule has 2 rings (SSSR count). The fraction of sp³-hybridized carbons (Fsp3) is 0.200. The van der Waals surface area contributed by atoms with Gasteiger partial charge in [0.15, 0.2) is 0 Å². The fourth-order valence-electron chi connectivity index (χ4n) is 2.36. The average molecular weight is 260 g/mol. The second kappa shape index (κ2) is 7.36. The monoisotopic (exact) mass is 260 g/mol. The lowest BCUT2D eigenvalue weighted by molar-refractivity contribution is 0.825. The molecule has 20 heavy (non-hydrogen) atoms. The summed E-state index contributed by atoms with van der Waals surface area (Å²) in [5, 5.41) is 0. The minimum atomic E-state index is 1.02. The predicted molar refractivity (Wildman–Crippen MR) is 88.1 cm³/mol. The maximum Gasteiger partial charge on any atom is 0.0353 e. The van der Waals surface area contributed by atoms with Crippen LogP contribution in [0.4, 0.5) is 0 Å². The summed E-state index contributed by atoms with van der Waals surface area (Å²) < 4.78 is 0. The molecule has 0 heteroatoms. The Morgan fingerprint density at radius 3 is 1.95 bits per heavy atom. The smallest absolute Gasteiger partial charge is 0.0353 e. The van der Waals surface area contributed by atoms with Gasteiger partial charge in [0.25, 0.3) is 0 Å². The fourth-order valence-corrected chi connectivity index (χ4v) is 2.36. The highest BCUT2D eigenvalue weighted by molar-refractivity contribution is 5.98. The summed E-state index contributed by atoms with van der Waals surface area (Å²) >= 11 is 0. The zero-order valence-corrected chi connectivity index (χ0v) is 12.0. The third kappa shape index (κ3) is 3.39. The number of hydrogen-bond acceptors (Lipinski definition) is 0. The summed E-state index contributed by atoms with van der Waals surface area (Å²) in [6, 6.07) is 20.7. The van der Waals surface area contributed by atoms with Crippen LogP contribution < -0.4 is 0 Å². The van der Waals surface area contributed by atoms with E-state index in [2.05, 4.69) is 49.2 Å². The molecular weight excluding hydrogens is 240 g/mol. The highest BCUT2D eigenvalue weighted by Gasteiger charge is 2.09. The predicted octanol–water partition coefficient (Wildman–Crippen LogP) is 5.42. The summed E-state index contributed by atoms with van der Waals surface area (Å²) in [5.74, 6) is 2.91. The van der Waals surface area contributed by atoms with Crippen molar-refractivity contribution in [1.29, 1.82) is 0 Å². The van der Waals surface area contributed by atoms with Gasteiger partial charge in [-0.2, -0.15) is 0 Å². The van der Waals surface area contributed by atoms with Crippen LogP contribution in [0, 0.1) is 12.3 Å². The Hall–Kier alpha value is -2.26. The van der Waals surface area contributed by atoms with Gasteiger partial charge in [0.05, 0.1) is 0 Å². The van der Waals surface area contributed by atoms with Gasteiger partial charge in [-0.25, -0.2) is 0 Å². The van der Waals surface area contributed by atoms with E-state index in [4.69, 9.17) is 6.42 Å². The minimum absolute atomic E-state index is 1.02. The van der Waals surface area contributed by atoms with Crippen LogP contribution >= 0.6 is 0 Å². The molecule has 0 unspecified atom stereocenters. The van der Waals surface area contributed by atoms with E-state index < -0.39 is 0 Å². The lowest BCUT2D eigenvalue weighted by atomic mass is 9.91. The Kier molecular flexibility index (Phi) is 5.21. The number of unbranched alkanes of at least 4 members (excludes halogenated alkanes) is 1. The number of allylic oxidation sites excluding steroid dienone is 2. The van der Waals surface area contributed by atoms with Crippen LogP contribution in [0.3, 0.4) is 0 Å². The zero-order valence-electron chi connectivity index (χ0n) is 12.0. The van der Waals surface area contributed by atoms with Gasteiger partial charge in [-0.1, -0.05) is 79.9 Å². The van der Waals surface area contributed by atoms with Crippen molar-refractivity contribution in [2.45, 2.75) is 26.2 Å². The number of benzene rings is 2. The summed E-state index contributed by atoms with van der Waals surface area (Å²) in [7, 11) is 0. The average Bonchev–Trinajstić information content (AvgIpc) is 2.53. The van der Waals surface area contributed by atoms with Crippen LogP contribution in [0.15, 0.2) is 60.7 Å². The Labute approximate surface area is 122 Å². The maximum absolute atomic E-state index is 5.81. The van der Waals surface area contributed by atoms with Gasteiger partial charge < -0.3 is 0 Å². The van der Waals surface area contributed by atoms with E-state index >= 15 is 0 Å². The number of terminal acetylenes is 1. The van der Waals surface area contributed by atoms with Crippen molar-refractivity contribution < 1.29 is 0 Å². The van der Waals surface area contributed by atoms with Crippen LogP contribution in [0.5, 0.6) is 0 Å². The highest BCUT2D eigenvalue weighted by Crippen LogP contribution is 2.30. The van der Waals surface area contributed by atoms with Crippen molar-refractivity contribution in [3.05, 3.63) is 71.8 Å². The van der Waals surface area contributed by atoms with E-state index in [-0.39, 0.29) is 0 Å². The quantitative estimate of drug-likeness (QED) is 0.497. The molecule has 0 atom stereocenters. The van der Waals surface area contributed by atoms with Gasteiger partial charge in [0, 0.05) is 5.57 Å². The van der Waals surface area contributed by atoms with Gasteiger partial charge in [-0.15, -0.1) is 6.42 Å². The summed E-state index contributed by atoms with van der Waals surface area (Å²) in [5.41, 5.74) is 4.66. The Morgan fingerprint density at radius 2 is 1.45 bits per heavy atom. The Morgan fingerprint density at radius 1 is 0.900 bits per heavy atom. The normalized spacial score (nSPS) is 11.6. The lowest BCUT2D eigenvalue weighted by Crippen LogP contribution is -1.92. The molecule has 0 spiro atoms. The molecule has 0 N–H and O–H groups in total. The molecule has 0 radical (unpaired) electrons. The van der Waals surface area contributed by atoms with Crippen LogP contribution in [0.1, 0.15) is 37.3 Å². The third-order valence-electron chi connectivity index (χ3n) is 3.41. The molecule has 100 valence electrons. The van der Waals surface area contributed by atoms with E-state index in [9.17, 15) is 0 Å². The molecule has 0 saturated heterocycles. The first-order chi connectivity index (χ1) is 9.86. The van der Waals surface area contributed by atoms with E-state index in [1.54, 1.807) is 0 Å². The van der Waals surface area contributed by atoms with Crippen molar-refractivity contribution in [2.75, 3.05) is 0 Å². The molecule has 0 saturated carbocycles. The zero-order chi connectivity index (χ0) is 14.2. The molecule has 0 nitrogen and oxygen atoms in total. The summed E-state index contributed by atoms with van der Waals surface area (Å²) in [4.78, 5) is 0. The van der Waals surface area contributed by atoms with Crippen LogP contribution in [0.2, 0.25) is 0 Å². The van der Waals surface area contributed by atoms with E-state index in [0.29, 0.717) is 0 Å². The van der Waals surface area contributed by atoms with Gasteiger partial charge in [0.2, 0.25) is 0 Å². The molecule has 0 amide bonds. The largest absolute Gasteiger partial charge is 0.115 e. The standard InChI is InChI=1S/C20H20/c1-3-5-16-20(18-14-10-7-11-15-18)19(4-2)17-12-8-6-9-13-17/h2,6-15H,3,5,16H2,1H3/b20-19+. The van der Waals surface area contributed by atoms with Gasteiger partial charge in [-0.3, -0.25) is 0 Å². The van der Waals surface area contributed by atoms with Crippen LogP contribution in [-0.4, -0.2) is 0 Å². The van der Waals surface area contributed by atoms with Crippen LogP contribution in [-0.2, 0) is 0 Å². The van der Waals surface area contributed by atoms with E-state index in [1.165, 1.54) is 17.6 Å². The van der Waals surface area contributed by atoms with Crippen molar-refractivity contribution in [2.24, 2.45) is 0 Å². The second-order valence-electron chi connectivity index (χ2n) is 4.83.